The van der Waals surface area contributed by atoms with Gasteiger partial charge >= 0.3 is 0 Å². The molecule has 0 aliphatic heterocycles. The first kappa shape index (κ1) is 15.0. The summed E-state index contributed by atoms with van der Waals surface area (Å²) in [6.07, 6.45) is 3.89. The summed E-state index contributed by atoms with van der Waals surface area (Å²) >= 11 is 0. The lowest BCUT2D eigenvalue weighted by molar-refractivity contribution is 0.303. The van der Waals surface area contributed by atoms with Gasteiger partial charge in [-0.25, -0.2) is 0 Å². The van der Waals surface area contributed by atoms with Gasteiger partial charge < -0.3 is 10.1 Å². The Bertz CT molecular complexity index is 297. The van der Waals surface area contributed by atoms with E-state index in [1.54, 1.807) is 0 Å². The molecule has 1 atom stereocenters. The van der Waals surface area contributed by atoms with Crippen molar-refractivity contribution in [2.75, 3.05) is 13.2 Å². The maximum atomic E-state index is 5.64. The molecule has 18 heavy (non-hydrogen) atoms. The molecule has 0 bridgehead atoms. The zero-order chi connectivity index (χ0) is 13.2. The van der Waals surface area contributed by atoms with Gasteiger partial charge in [0.1, 0.15) is 12.4 Å². The molecule has 1 aromatic carbocycles. The highest BCUT2D eigenvalue weighted by Gasteiger charge is 2.02. The topological polar surface area (TPSA) is 21.3 Å². The zero-order valence-corrected chi connectivity index (χ0v) is 12.0. The number of hydrogen-bond acceptors (Lipinski definition) is 2. The Morgan fingerprint density at radius 3 is 2.44 bits per heavy atom. The molecular weight excluding hydrogens is 222 g/mol. The predicted octanol–water partition coefficient (Wildman–Crippen LogP) is 3.87. The fraction of sp³-hybridized carbons (Fsp3) is 0.625. The second-order valence-corrected chi connectivity index (χ2v) is 5.34. The highest BCUT2D eigenvalue weighted by atomic mass is 16.5. The predicted molar refractivity (Wildman–Crippen MR) is 78.1 cm³/mol. The Morgan fingerprint density at radius 1 is 1.06 bits per heavy atom. The first-order chi connectivity index (χ1) is 8.68. The second kappa shape index (κ2) is 8.98. The van der Waals surface area contributed by atoms with Crippen molar-refractivity contribution in [3.63, 3.8) is 0 Å². The molecule has 102 valence electrons. The monoisotopic (exact) mass is 249 g/mol. The third-order valence-electron chi connectivity index (χ3n) is 3.03. The minimum atomic E-state index is 0.586. The van der Waals surface area contributed by atoms with Crippen molar-refractivity contribution >= 4 is 0 Å². The van der Waals surface area contributed by atoms with Crippen molar-refractivity contribution in [3.05, 3.63) is 30.3 Å². The number of benzene rings is 1. The average Bonchev–Trinajstić information content (AvgIpc) is 2.35. The molecule has 0 fully saturated rings. The first-order valence-corrected chi connectivity index (χ1v) is 7.09. The minimum absolute atomic E-state index is 0.586. The van der Waals surface area contributed by atoms with Crippen LogP contribution in [-0.2, 0) is 0 Å². The lowest BCUT2D eigenvalue weighted by Gasteiger charge is -2.14. The van der Waals surface area contributed by atoms with E-state index in [9.17, 15) is 0 Å². The van der Waals surface area contributed by atoms with Gasteiger partial charge in [-0.1, -0.05) is 44.9 Å². The van der Waals surface area contributed by atoms with Crippen LogP contribution in [0.2, 0.25) is 0 Å². The Labute approximate surface area is 112 Å². The largest absolute Gasteiger partial charge is 0.492 e. The molecular formula is C16H27NO. The summed E-state index contributed by atoms with van der Waals surface area (Å²) in [6, 6.07) is 10.6. The molecule has 2 nitrogen and oxygen atoms in total. The Hall–Kier alpha value is -1.02. The van der Waals surface area contributed by atoms with Crippen LogP contribution in [0, 0.1) is 5.92 Å². The van der Waals surface area contributed by atoms with Gasteiger partial charge in [-0.3, -0.25) is 0 Å². The summed E-state index contributed by atoms with van der Waals surface area (Å²) in [5.41, 5.74) is 0. The molecule has 0 spiro atoms. The summed E-state index contributed by atoms with van der Waals surface area (Å²) in [4.78, 5) is 0. The van der Waals surface area contributed by atoms with E-state index in [4.69, 9.17) is 4.74 Å². The maximum Gasteiger partial charge on any atom is 0.119 e. The molecule has 0 amide bonds. The van der Waals surface area contributed by atoms with Gasteiger partial charge in [0.2, 0.25) is 0 Å². The third-order valence-corrected chi connectivity index (χ3v) is 3.03. The summed E-state index contributed by atoms with van der Waals surface area (Å²) in [7, 11) is 0. The van der Waals surface area contributed by atoms with Gasteiger partial charge in [0.15, 0.2) is 0 Å². The fourth-order valence-electron chi connectivity index (χ4n) is 1.93. The van der Waals surface area contributed by atoms with Crippen LogP contribution in [0.4, 0.5) is 0 Å². The van der Waals surface area contributed by atoms with Crippen LogP contribution < -0.4 is 10.1 Å². The van der Waals surface area contributed by atoms with Crippen molar-refractivity contribution in [2.45, 2.75) is 46.1 Å². The third kappa shape index (κ3) is 7.33. The van der Waals surface area contributed by atoms with Crippen molar-refractivity contribution in [1.29, 1.82) is 0 Å². The first-order valence-electron chi connectivity index (χ1n) is 7.09. The van der Waals surface area contributed by atoms with Gasteiger partial charge in [-0.15, -0.1) is 0 Å². The molecule has 0 heterocycles. The van der Waals surface area contributed by atoms with Crippen molar-refractivity contribution in [3.8, 4) is 5.75 Å². The molecule has 0 aliphatic rings. The number of nitrogens with one attached hydrogen (secondary N) is 1. The molecule has 0 saturated carbocycles. The number of ether oxygens (including phenoxy) is 1. The molecule has 2 heteroatoms. The van der Waals surface area contributed by atoms with Gasteiger partial charge in [-0.05, 0) is 31.4 Å². The highest BCUT2D eigenvalue weighted by Crippen LogP contribution is 2.09. The van der Waals surface area contributed by atoms with Gasteiger partial charge in [0.25, 0.3) is 0 Å². The van der Waals surface area contributed by atoms with E-state index < -0.39 is 0 Å². The minimum Gasteiger partial charge on any atom is -0.492 e. The molecule has 0 saturated heterocycles. The van der Waals surface area contributed by atoms with Gasteiger partial charge in [0, 0.05) is 12.6 Å². The molecule has 0 aliphatic carbocycles. The van der Waals surface area contributed by atoms with E-state index in [-0.39, 0.29) is 0 Å². The fourth-order valence-corrected chi connectivity index (χ4v) is 1.93. The van der Waals surface area contributed by atoms with Crippen LogP contribution in [0.15, 0.2) is 30.3 Å². The van der Waals surface area contributed by atoms with Crippen LogP contribution in [0.25, 0.3) is 0 Å². The van der Waals surface area contributed by atoms with Crippen LogP contribution >= 0.6 is 0 Å². The smallest absolute Gasteiger partial charge is 0.119 e. The van der Waals surface area contributed by atoms with Crippen molar-refractivity contribution in [2.24, 2.45) is 5.92 Å². The van der Waals surface area contributed by atoms with E-state index in [0.717, 1.165) is 24.8 Å². The molecule has 0 aromatic heterocycles. The molecule has 1 rings (SSSR count). The zero-order valence-electron chi connectivity index (χ0n) is 12.0. The van der Waals surface area contributed by atoms with Crippen LogP contribution in [-0.4, -0.2) is 19.2 Å². The standard InChI is InChI=1S/C16H27NO/c1-14(2)8-7-9-15(3)17-12-13-18-16-10-5-4-6-11-16/h4-6,10-11,14-15,17H,7-9,12-13H2,1-3H3. The number of para-hydroxylation sites is 1. The number of hydrogen-bond donors (Lipinski definition) is 1. The van der Waals surface area contributed by atoms with Gasteiger partial charge in [-0.2, -0.15) is 0 Å². The Morgan fingerprint density at radius 2 is 1.78 bits per heavy atom. The van der Waals surface area contributed by atoms with Crippen LogP contribution in [0.5, 0.6) is 5.75 Å². The molecule has 1 aromatic rings. The molecule has 0 radical (unpaired) electrons. The van der Waals surface area contributed by atoms with E-state index >= 15 is 0 Å². The summed E-state index contributed by atoms with van der Waals surface area (Å²) < 4.78 is 5.64. The van der Waals surface area contributed by atoms with E-state index in [2.05, 4.69) is 26.1 Å². The van der Waals surface area contributed by atoms with Crippen molar-refractivity contribution in [1.82, 2.24) is 5.32 Å². The maximum absolute atomic E-state index is 5.64. The van der Waals surface area contributed by atoms with Gasteiger partial charge in [0.05, 0.1) is 0 Å². The van der Waals surface area contributed by atoms with E-state index in [0.29, 0.717) is 6.04 Å². The van der Waals surface area contributed by atoms with E-state index in [1.165, 1.54) is 19.3 Å². The Balaban J connectivity index is 2.00. The lowest BCUT2D eigenvalue weighted by Crippen LogP contribution is -2.30. The quantitative estimate of drug-likeness (QED) is 0.671. The van der Waals surface area contributed by atoms with Crippen molar-refractivity contribution < 1.29 is 4.74 Å². The summed E-state index contributed by atoms with van der Waals surface area (Å²) in [5.74, 6) is 1.77. The van der Waals surface area contributed by atoms with Crippen LogP contribution in [0.3, 0.4) is 0 Å². The lowest BCUT2D eigenvalue weighted by atomic mass is 10.0. The average molecular weight is 249 g/mol. The normalized spacial score (nSPS) is 12.7. The van der Waals surface area contributed by atoms with Crippen LogP contribution in [0.1, 0.15) is 40.0 Å². The SMILES string of the molecule is CC(C)CCCC(C)NCCOc1ccccc1. The summed E-state index contributed by atoms with van der Waals surface area (Å²) in [6.45, 7) is 8.47. The summed E-state index contributed by atoms with van der Waals surface area (Å²) in [5, 5.41) is 3.50. The molecule has 1 N–H and O–H groups in total. The number of rotatable bonds is 9. The molecule has 1 unspecified atom stereocenters. The van der Waals surface area contributed by atoms with E-state index in [1.807, 2.05) is 30.3 Å². The highest BCUT2D eigenvalue weighted by molar-refractivity contribution is 5.20. The Kier molecular flexibility index (Phi) is 7.51. The second-order valence-electron chi connectivity index (χ2n) is 5.34.